The van der Waals surface area contributed by atoms with Crippen LogP contribution in [-0.4, -0.2) is 39.2 Å². The van der Waals surface area contributed by atoms with Gasteiger partial charge in [0.25, 0.3) is 0 Å². The number of imidazole rings is 1. The minimum Gasteiger partial charge on any atom is -0.480 e. The van der Waals surface area contributed by atoms with Crippen LogP contribution in [0.2, 0.25) is 0 Å². The largest absolute Gasteiger partial charge is 0.480 e. The van der Waals surface area contributed by atoms with Gasteiger partial charge in [-0.2, -0.15) is 0 Å². The van der Waals surface area contributed by atoms with Crippen molar-refractivity contribution in [3.8, 4) is 0 Å². The maximum absolute atomic E-state index is 12.0. The van der Waals surface area contributed by atoms with Crippen molar-refractivity contribution >= 4 is 12.0 Å². The number of hydrogen-bond acceptors (Lipinski definition) is 3. The van der Waals surface area contributed by atoms with E-state index in [9.17, 15) is 14.7 Å². The maximum atomic E-state index is 12.0. The molecule has 21 heavy (non-hydrogen) atoms. The molecule has 1 aromatic rings. The van der Waals surface area contributed by atoms with E-state index < -0.39 is 18.0 Å². The summed E-state index contributed by atoms with van der Waals surface area (Å²) in [7, 11) is 0. The van der Waals surface area contributed by atoms with Crippen LogP contribution in [0.4, 0.5) is 4.79 Å². The fourth-order valence-corrected chi connectivity index (χ4v) is 2.63. The predicted molar refractivity (Wildman–Crippen MR) is 76.9 cm³/mol. The molecular weight excluding hydrogens is 272 g/mol. The molecule has 1 heterocycles. The Morgan fingerprint density at radius 2 is 2.05 bits per heavy atom. The van der Waals surface area contributed by atoms with Crippen LogP contribution in [0.25, 0.3) is 0 Å². The van der Waals surface area contributed by atoms with Crippen molar-refractivity contribution in [1.29, 1.82) is 0 Å². The van der Waals surface area contributed by atoms with Gasteiger partial charge in [0.05, 0.1) is 6.33 Å². The summed E-state index contributed by atoms with van der Waals surface area (Å²) in [6.45, 7) is 0. The van der Waals surface area contributed by atoms with Crippen LogP contribution >= 0.6 is 0 Å². The zero-order valence-electron chi connectivity index (χ0n) is 12.0. The summed E-state index contributed by atoms with van der Waals surface area (Å²) in [6, 6.07) is -1.22. The van der Waals surface area contributed by atoms with Crippen LogP contribution in [0.5, 0.6) is 0 Å². The smallest absolute Gasteiger partial charge is 0.326 e. The van der Waals surface area contributed by atoms with E-state index in [2.05, 4.69) is 20.6 Å². The topological polar surface area (TPSA) is 107 Å². The summed E-state index contributed by atoms with van der Waals surface area (Å²) in [5, 5.41) is 14.6. The molecule has 1 aromatic heterocycles. The average molecular weight is 294 g/mol. The van der Waals surface area contributed by atoms with Gasteiger partial charge in [-0.1, -0.05) is 25.7 Å². The van der Waals surface area contributed by atoms with Gasteiger partial charge in [0.1, 0.15) is 6.04 Å². The third-order valence-corrected chi connectivity index (χ3v) is 3.77. The number of hydrogen-bond donors (Lipinski definition) is 4. The molecule has 2 rings (SSSR count). The molecule has 1 aliphatic carbocycles. The first-order valence-corrected chi connectivity index (χ1v) is 7.42. The number of aliphatic carboxylic acids is 1. The number of carboxylic acid groups (broad SMARTS) is 1. The van der Waals surface area contributed by atoms with Crippen LogP contribution < -0.4 is 10.6 Å². The second-order valence-corrected chi connectivity index (χ2v) is 5.48. The van der Waals surface area contributed by atoms with E-state index in [0.29, 0.717) is 5.69 Å². The Labute approximate surface area is 123 Å². The molecule has 0 radical (unpaired) electrons. The summed E-state index contributed by atoms with van der Waals surface area (Å²) < 4.78 is 0. The van der Waals surface area contributed by atoms with Crippen molar-refractivity contribution < 1.29 is 14.7 Å². The second kappa shape index (κ2) is 7.66. The van der Waals surface area contributed by atoms with Crippen molar-refractivity contribution in [3.05, 3.63) is 18.2 Å². The minimum atomic E-state index is -1.05. The van der Waals surface area contributed by atoms with Gasteiger partial charge in [-0.05, 0) is 12.8 Å². The van der Waals surface area contributed by atoms with E-state index in [0.717, 1.165) is 25.7 Å². The van der Waals surface area contributed by atoms with E-state index in [1.54, 1.807) is 6.20 Å². The lowest BCUT2D eigenvalue weighted by atomic mass is 10.1. The van der Waals surface area contributed by atoms with Gasteiger partial charge in [-0.15, -0.1) is 0 Å². The zero-order valence-corrected chi connectivity index (χ0v) is 12.0. The van der Waals surface area contributed by atoms with Gasteiger partial charge in [-0.3, -0.25) is 0 Å². The third kappa shape index (κ3) is 5.09. The van der Waals surface area contributed by atoms with Crippen LogP contribution in [0.3, 0.4) is 0 Å². The maximum Gasteiger partial charge on any atom is 0.326 e. The van der Waals surface area contributed by atoms with Crippen molar-refractivity contribution in [3.63, 3.8) is 0 Å². The standard InChI is InChI=1S/C14H22N4O3/c19-13(20)12(7-11-8-15-9-16-11)18-14(21)17-10-5-3-1-2-4-6-10/h8-10,12H,1-7H2,(H,15,16)(H,19,20)(H2,17,18,21)/t12-/m1/s1. The lowest BCUT2D eigenvalue weighted by molar-refractivity contribution is -0.139. The van der Waals surface area contributed by atoms with Gasteiger partial charge < -0.3 is 20.7 Å². The predicted octanol–water partition coefficient (Wildman–Crippen LogP) is 1.43. The molecule has 1 saturated carbocycles. The first-order chi connectivity index (χ1) is 10.1. The number of carbonyl (C=O) groups excluding carboxylic acids is 1. The number of rotatable bonds is 5. The van der Waals surface area contributed by atoms with E-state index in [1.807, 2.05) is 0 Å². The van der Waals surface area contributed by atoms with Crippen LogP contribution in [0.15, 0.2) is 12.5 Å². The molecule has 0 bridgehead atoms. The molecule has 4 N–H and O–H groups in total. The average Bonchev–Trinajstić information content (AvgIpc) is 2.81. The van der Waals surface area contributed by atoms with Crippen LogP contribution in [-0.2, 0) is 11.2 Å². The number of amides is 2. The molecule has 1 aliphatic rings. The van der Waals surface area contributed by atoms with E-state index in [1.165, 1.54) is 19.2 Å². The SMILES string of the molecule is O=C(NC1CCCCCC1)N[C@H](Cc1cnc[nH]1)C(=O)O. The highest BCUT2D eigenvalue weighted by molar-refractivity contribution is 5.82. The fraction of sp³-hybridized carbons (Fsp3) is 0.643. The van der Waals surface area contributed by atoms with Gasteiger partial charge in [-0.25, -0.2) is 14.6 Å². The summed E-state index contributed by atoms with van der Waals surface area (Å²) in [6.07, 6.45) is 9.79. The number of carbonyl (C=O) groups is 2. The lowest BCUT2D eigenvalue weighted by Gasteiger charge is -2.19. The number of H-pyrrole nitrogens is 1. The summed E-state index contributed by atoms with van der Waals surface area (Å²) >= 11 is 0. The molecule has 7 nitrogen and oxygen atoms in total. The number of aromatic amines is 1. The highest BCUT2D eigenvalue weighted by Gasteiger charge is 2.22. The van der Waals surface area contributed by atoms with Crippen LogP contribution in [0.1, 0.15) is 44.2 Å². The Morgan fingerprint density at radius 1 is 1.33 bits per heavy atom. The normalized spacial score (nSPS) is 17.7. The summed E-state index contributed by atoms with van der Waals surface area (Å²) in [5.74, 6) is -1.05. The van der Waals surface area contributed by atoms with E-state index in [-0.39, 0.29) is 12.5 Å². The quantitative estimate of drug-likeness (QED) is 0.616. The number of nitrogens with one attached hydrogen (secondary N) is 3. The molecule has 0 aromatic carbocycles. The Balaban J connectivity index is 1.84. The molecule has 7 heteroatoms. The zero-order chi connectivity index (χ0) is 15.1. The van der Waals surface area contributed by atoms with E-state index >= 15 is 0 Å². The number of aromatic nitrogens is 2. The van der Waals surface area contributed by atoms with Crippen molar-refractivity contribution in [2.45, 2.75) is 57.0 Å². The molecule has 0 unspecified atom stereocenters. The van der Waals surface area contributed by atoms with Crippen molar-refractivity contribution in [2.75, 3.05) is 0 Å². The lowest BCUT2D eigenvalue weighted by Crippen LogP contribution is -2.49. The molecule has 116 valence electrons. The van der Waals surface area contributed by atoms with Crippen molar-refractivity contribution in [1.82, 2.24) is 20.6 Å². The second-order valence-electron chi connectivity index (χ2n) is 5.48. The van der Waals surface area contributed by atoms with E-state index in [4.69, 9.17) is 0 Å². The number of nitrogens with zero attached hydrogens (tertiary/aromatic N) is 1. The molecule has 0 aliphatic heterocycles. The third-order valence-electron chi connectivity index (χ3n) is 3.77. The van der Waals surface area contributed by atoms with Gasteiger partial charge in [0.2, 0.25) is 0 Å². The summed E-state index contributed by atoms with van der Waals surface area (Å²) in [4.78, 5) is 29.9. The number of carboxylic acids is 1. The molecule has 0 saturated heterocycles. The highest BCUT2D eigenvalue weighted by Crippen LogP contribution is 2.17. The Kier molecular flexibility index (Phi) is 5.59. The van der Waals surface area contributed by atoms with Crippen LogP contribution in [0, 0.1) is 0 Å². The van der Waals surface area contributed by atoms with Gasteiger partial charge in [0, 0.05) is 24.4 Å². The Morgan fingerprint density at radius 3 is 2.62 bits per heavy atom. The first-order valence-electron chi connectivity index (χ1n) is 7.42. The van der Waals surface area contributed by atoms with Gasteiger partial charge >= 0.3 is 12.0 Å². The van der Waals surface area contributed by atoms with Gasteiger partial charge in [0.15, 0.2) is 0 Å². The first kappa shape index (κ1) is 15.3. The van der Waals surface area contributed by atoms with Crippen molar-refractivity contribution in [2.24, 2.45) is 0 Å². The minimum absolute atomic E-state index is 0.147. The molecule has 1 fully saturated rings. The Bertz CT molecular complexity index is 453. The number of urea groups is 1. The Hall–Kier alpha value is -2.05. The molecular formula is C14H22N4O3. The fourth-order valence-electron chi connectivity index (χ4n) is 2.63. The highest BCUT2D eigenvalue weighted by atomic mass is 16.4. The summed E-state index contributed by atoms with van der Waals surface area (Å²) in [5.41, 5.74) is 0.678. The monoisotopic (exact) mass is 294 g/mol. The molecule has 0 spiro atoms. The molecule has 2 amide bonds. The molecule has 1 atom stereocenters.